The lowest BCUT2D eigenvalue weighted by molar-refractivity contribution is 0.382. The van der Waals surface area contributed by atoms with E-state index in [0.29, 0.717) is 5.88 Å². The van der Waals surface area contributed by atoms with Crippen molar-refractivity contribution in [2.75, 3.05) is 13.7 Å². The Hall–Kier alpha value is -1.60. The summed E-state index contributed by atoms with van der Waals surface area (Å²) in [5.74, 6) is 0.525. The second kappa shape index (κ2) is 6.44. The molecule has 0 aromatic carbocycles. The monoisotopic (exact) mass is 307 g/mol. The third-order valence-corrected chi connectivity index (χ3v) is 3.84. The molecule has 0 radical (unpaired) electrons. The maximum absolute atomic E-state index is 5.35. The second-order valence-corrected chi connectivity index (χ2v) is 6.46. The summed E-state index contributed by atoms with van der Waals surface area (Å²) in [5.41, 5.74) is 1.66. The van der Waals surface area contributed by atoms with Crippen LogP contribution in [0.3, 0.4) is 0 Å². The van der Waals surface area contributed by atoms with Crippen LogP contribution in [0.4, 0.5) is 0 Å². The van der Waals surface area contributed by atoms with Crippen LogP contribution in [0.5, 0.6) is 5.88 Å². The Morgan fingerprint density at radius 3 is 2.62 bits per heavy atom. The van der Waals surface area contributed by atoms with Gasteiger partial charge >= 0.3 is 0 Å². The van der Waals surface area contributed by atoms with Crippen molar-refractivity contribution in [3.05, 3.63) is 28.7 Å². The summed E-state index contributed by atoms with van der Waals surface area (Å²) in [5, 5.41) is 7.75. The van der Waals surface area contributed by atoms with E-state index >= 15 is 0 Å². The van der Waals surface area contributed by atoms with E-state index in [1.54, 1.807) is 19.5 Å². The van der Waals surface area contributed by atoms with Gasteiger partial charge in [-0.1, -0.05) is 32.2 Å². The lowest BCUT2D eigenvalue weighted by atomic mass is 9.89. The zero-order valence-electron chi connectivity index (χ0n) is 13.0. The molecule has 2 rings (SSSR count). The van der Waals surface area contributed by atoms with Crippen molar-refractivity contribution < 1.29 is 4.74 Å². The molecule has 2 aromatic rings. The molecule has 2 heterocycles. The first-order chi connectivity index (χ1) is 9.99. The van der Waals surface area contributed by atoms with Gasteiger partial charge in [-0.3, -0.25) is 4.98 Å². The van der Waals surface area contributed by atoms with E-state index < -0.39 is 0 Å². The average Bonchev–Trinajstić information content (AvgIpc) is 2.94. The molecule has 2 aromatic heterocycles. The van der Waals surface area contributed by atoms with E-state index in [9.17, 15) is 0 Å². The van der Waals surface area contributed by atoms with Crippen molar-refractivity contribution in [2.45, 2.75) is 39.2 Å². The lowest BCUT2D eigenvalue weighted by Gasteiger charge is -2.22. The Morgan fingerprint density at radius 2 is 2.00 bits per heavy atom. The topological polar surface area (TPSA) is 72.8 Å². The smallest absolute Gasteiger partial charge is 0.237 e. The van der Waals surface area contributed by atoms with Gasteiger partial charge in [0.1, 0.15) is 5.69 Å². The Kier molecular flexibility index (Phi) is 4.84. The Morgan fingerprint density at radius 1 is 1.29 bits per heavy atom. The van der Waals surface area contributed by atoms with Crippen LogP contribution >= 0.6 is 11.5 Å². The van der Waals surface area contributed by atoms with Crippen LogP contribution in [0.2, 0.25) is 0 Å². The fraction of sp³-hybridized carbons (Fsp3) is 0.571. The van der Waals surface area contributed by atoms with Gasteiger partial charge in [-0.05, 0) is 18.1 Å². The number of hydrogen-bond donors (Lipinski definition) is 1. The second-order valence-electron chi connectivity index (χ2n) is 5.68. The predicted octanol–water partition coefficient (Wildman–Crippen LogP) is 2.33. The summed E-state index contributed by atoms with van der Waals surface area (Å²) < 4.78 is 9.48. The molecule has 1 N–H and O–H groups in total. The number of hydrogen-bond acceptors (Lipinski definition) is 7. The minimum atomic E-state index is -0.118. The minimum absolute atomic E-state index is 0.0779. The van der Waals surface area contributed by atoms with Gasteiger partial charge in [0.05, 0.1) is 23.7 Å². The first-order valence-corrected chi connectivity index (χ1v) is 7.67. The highest BCUT2D eigenvalue weighted by Gasteiger charge is 2.30. The molecule has 21 heavy (non-hydrogen) atoms. The highest BCUT2D eigenvalue weighted by molar-refractivity contribution is 7.05. The summed E-state index contributed by atoms with van der Waals surface area (Å²) in [6, 6.07) is -0.118. The van der Waals surface area contributed by atoms with E-state index in [1.165, 1.54) is 11.5 Å². The number of nitrogens with one attached hydrogen (secondary N) is 1. The number of nitrogens with zero attached hydrogens (tertiary/aromatic N) is 4. The van der Waals surface area contributed by atoms with Crippen molar-refractivity contribution in [3.63, 3.8) is 0 Å². The molecular weight excluding hydrogens is 286 g/mol. The Balaban J connectivity index is 2.52. The summed E-state index contributed by atoms with van der Waals surface area (Å²) in [7, 11) is 1.60. The van der Waals surface area contributed by atoms with E-state index in [-0.39, 0.29) is 11.5 Å². The average molecular weight is 307 g/mol. The Labute approximate surface area is 129 Å². The number of methoxy groups -OCH3 is 1. The lowest BCUT2D eigenvalue weighted by Crippen LogP contribution is -2.26. The van der Waals surface area contributed by atoms with Crippen LogP contribution in [0.1, 0.15) is 50.0 Å². The molecule has 7 heteroatoms. The predicted molar refractivity (Wildman–Crippen MR) is 82.7 cm³/mol. The number of ether oxygens (including phenoxy) is 1. The zero-order chi connectivity index (χ0) is 15.5. The number of aromatic nitrogens is 4. The largest absolute Gasteiger partial charge is 0.480 e. The normalized spacial score (nSPS) is 13.2. The van der Waals surface area contributed by atoms with Gasteiger partial charge < -0.3 is 10.1 Å². The van der Waals surface area contributed by atoms with Gasteiger partial charge in [0.15, 0.2) is 0 Å². The van der Waals surface area contributed by atoms with Gasteiger partial charge in [0.25, 0.3) is 0 Å². The summed E-state index contributed by atoms with van der Waals surface area (Å²) in [6.07, 6.45) is 3.30. The van der Waals surface area contributed by atoms with Crippen LogP contribution in [0.15, 0.2) is 12.4 Å². The molecule has 114 valence electrons. The molecule has 6 nitrogen and oxygen atoms in total. The van der Waals surface area contributed by atoms with Crippen molar-refractivity contribution >= 4 is 11.5 Å². The zero-order valence-corrected chi connectivity index (χ0v) is 13.9. The van der Waals surface area contributed by atoms with Gasteiger partial charge in [-0.2, -0.15) is 0 Å². The van der Waals surface area contributed by atoms with Crippen LogP contribution in [-0.4, -0.2) is 33.2 Å². The van der Waals surface area contributed by atoms with Crippen LogP contribution in [0, 0.1) is 0 Å². The van der Waals surface area contributed by atoms with Crippen LogP contribution < -0.4 is 10.1 Å². The van der Waals surface area contributed by atoms with Crippen molar-refractivity contribution in [1.29, 1.82) is 0 Å². The van der Waals surface area contributed by atoms with Crippen molar-refractivity contribution in [1.82, 2.24) is 24.9 Å². The molecule has 0 saturated carbocycles. The molecule has 1 unspecified atom stereocenters. The molecular formula is C14H21N5OS. The maximum Gasteiger partial charge on any atom is 0.237 e. The van der Waals surface area contributed by atoms with Crippen LogP contribution in [-0.2, 0) is 5.41 Å². The third-order valence-electron chi connectivity index (χ3n) is 3.05. The molecule has 0 aliphatic heterocycles. The van der Waals surface area contributed by atoms with Gasteiger partial charge in [0, 0.05) is 17.8 Å². The van der Waals surface area contributed by atoms with Gasteiger partial charge in [-0.25, -0.2) is 4.98 Å². The van der Waals surface area contributed by atoms with Crippen molar-refractivity contribution in [3.8, 4) is 5.88 Å². The van der Waals surface area contributed by atoms with E-state index in [0.717, 1.165) is 22.8 Å². The highest BCUT2D eigenvalue weighted by Crippen LogP contribution is 2.35. The van der Waals surface area contributed by atoms with E-state index in [1.807, 2.05) is 0 Å². The quantitative estimate of drug-likeness (QED) is 0.914. The Bertz CT molecular complexity index is 593. The summed E-state index contributed by atoms with van der Waals surface area (Å²) in [4.78, 5) is 9.75. The molecule has 0 spiro atoms. The fourth-order valence-corrected chi connectivity index (χ4v) is 3.06. The SMILES string of the molecule is CCNC(c1nccnc1OC)c1snnc1C(C)(C)C. The van der Waals surface area contributed by atoms with E-state index in [4.69, 9.17) is 4.74 Å². The standard InChI is InChI=1S/C14H21N5OS/c1-6-15-9(10-13(20-5)17-8-7-16-10)11-12(14(2,3)4)18-19-21-11/h7-9,15H,6H2,1-5H3. The molecule has 0 fully saturated rings. The van der Waals surface area contributed by atoms with Crippen molar-refractivity contribution in [2.24, 2.45) is 0 Å². The highest BCUT2D eigenvalue weighted by atomic mass is 32.1. The third kappa shape index (κ3) is 3.36. The number of rotatable bonds is 5. The summed E-state index contributed by atoms with van der Waals surface area (Å²) in [6.45, 7) is 9.24. The molecule has 0 bridgehead atoms. The molecule has 0 saturated heterocycles. The summed E-state index contributed by atoms with van der Waals surface area (Å²) >= 11 is 1.39. The molecule has 0 aliphatic rings. The van der Waals surface area contributed by atoms with Gasteiger partial charge in [-0.15, -0.1) is 5.10 Å². The fourth-order valence-electron chi connectivity index (χ4n) is 2.12. The first kappa shape index (κ1) is 15.8. The van der Waals surface area contributed by atoms with Gasteiger partial charge in [0.2, 0.25) is 5.88 Å². The first-order valence-electron chi connectivity index (χ1n) is 6.90. The van der Waals surface area contributed by atoms with E-state index in [2.05, 4.69) is 52.6 Å². The molecule has 0 aliphatic carbocycles. The maximum atomic E-state index is 5.35. The molecule has 1 atom stereocenters. The minimum Gasteiger partial charge on any atom is -0.480 e. The molecule has 0 amide bonds. The van der Waals surface area contributed by atoms with Crippen LogP contribution in [0.25, 0.3) is 0 Å².